The van der Waals surface area contributed by atoms with E-state index in [2.05, 4.69) is 39.7 Å². The van der Waals surface area contributed by atoms with E-state index >= 15 is 0 Å². The van der Waals surface area contributed by atoms with Crippen LogP contribution in [-0.4, -0.2) is 21.0 Å². The second-order valence-corrected chi connectivity index (χ2v) is 6.08. The fraction of sp³-hybridized carbons (Fsp3) is 0.333. The molecule has 6 heteroatoms. The quantitative estimate of drug-likeness (QED) is 0.637. The van der Waals surface area contributed by atoms with E-state index in [9.17, 15) is 5.11 Å². The summed E-state index contributed by atoms with van der Waals surface area (Å²) in [6, 6.07) is 5.28. The zero-order chi connectivity index (χ0) is 13.0. The number of nitrogens with zero attached hydrogens (tertiary/aromatic N) is 2. The summed E-state index contributed by atoms with van der Waals surface area (Å²) in [5.74, 6) is 3.02. The molecule has 0 unspecified atom stereocenters. The van der Waals surface area contributed by atoms with Gasteiger partial charge in [-0.3, -0.25) is 0 Å². The molecule has 0 aliphatic heterocycles. The van der Waals surface area contributed by atoms with Crippen molar-refractivity contribution in [2.24, 2.45) is 0 Å². The molecule has 0 saturated heterocycles. The van der Waals surface area contributed by atoms with Crippen molar-refractivity contribution in [3.8, 4) is 17.2 Å². The molecule has 2 rings (SSSR count). The lowest BCUT2D eigenvalue weighted by atomic mass is 10.2. The Morgan fingerprint density at radius 1 is 1.44 bits per heavy atom. The molecule has 0 atom stereocenters. The van der Waals surface area contributed by atoms with Gasteiger partial charge in [0.2, 0.25) is 0 Å². The van der Waals surface area contributed by atoms with Crippen molar-refractivity contribution in [1.82, 2.24) is 10.1 Å². The number of halogens is 1. The van der Waals surface area contributed by atoms with Crippen LogP contribution in [0.1, 0.15) is 19.2 Å². The molecular formula is C12H13IN2O2S. The molecule has 1 N–H and O–H groups in total. The van der Waals surface area contributed by atoms with Gasteiger partial charge in [-0.05, 0) is 53.0 Å². The van der Waals surface area contributed by atoms with Crippen LogP contribution in [0.15, 0.2) is 22.7 Å². The van der Waals surface area contributed by atoms with Crippen molar-refractivity contribution in [1.29, 1.82) is 0 Å². The standard InChI is InChI=1S/C12H13IN2O2S/c1-2-5-18-7-11-14-12(17-15-11)9-6-8(13)3-4-10(9)16/h3-4,6,16H,2,5,7H2,1H3. The normalized spacial score (nSPS) is 10.8. The summed E-state index contributed by atoms with van der Waals surface area (Å²) in [7, 11) is 0. The molecule has 2 aromatic rings. The van der Waals surface area contributed by atoms with E-state index in [4.69, 9.17) is 4.52 Å². The van der Waals surface area contributed by atoms with Gasteiger partial charge >= 0.3 is 0 Å². The van der Waals surface area contributed by atoms with E-state index in [0.29, 0.717) is 17.3 Å². The molecule has 0 bridgehead atoms. The Hall–Kier alpha value is -0.760. The molecule has 0 fully saturated rings. The zero-order valence-electron chi connectivity index (χ0n) is 9.89. The summed E-state index contributed by atoms with van der Waals surface area (Å²) >= 11 is 3.95. The van der Waals surface area contributed by atoms with Gasteiger partial charge in [0, 0.05) is 3.57 Å². The third kappa shape index (κ3) is 3.38. The minimum absolute atomic E-state index is 0.159. The molecule has 1 aromatic heterocycles. The lowest BCUT2D eigenvalue weighted by Gasteiger charge is -1.99. The lowest BCUT2D eigenvalue weighted by molar-refractivity contribution is 0.419. The Balaban J connectivity index is 2.16. The fourth-order valence-corrected chi connectivity index (χ4v) is 2.63. The highest BCUT2D eigenvalue weighted by atomic mass is 127. The molecule has 1 aromatic carbocycles. The summed E-state index contributed by atoms with van der Waals surface area (Å²) in [6.45, 7) is 2.14. The maximum absolute atomic E-state index is 9.78. The van der Waals surface area contributed by atoms with Crippen molar-refractivity contribution in [3.63, 3.8) is 0 Å². The Labute approximate surface area is 123 Å². The van der Waals surface area contributed by atoms with Gasteiger partial charge in [-0.25, -0.2) is 0 Å². The largest absolute Gasteiger partial charge is 0.507 e. The topological polar surface area (TPSA) is 59.2 Å². The van der Waals surface area contributed by atoms with E-state index in [1.807, 2.05) is 12.1 Å². The van der Waals surface area contributed by atoms with E-state index < -0.39 is 0 Å². The van der Waals surface area contributed by atoms with Crippen LogP contribution in [0.4, 0.5) is 0 Å². The number of aromatic nitrogens is 2. The van der Waals surface area contributed by atoms with E-state index in [0.717, 1.165) is 21.5 Å². The maximum atomic E-state index is 9.78. The molecule has 18 heavy (non-hydrogen) atoms. The third-order valence-corrected chi connectivity index (χ3v) is 4.07. The first kappa shape index (κ1) is 13.7. The Morgan fingerprint density at radius 3 is 3.06 bits per heavy atom. The zero-order valence-corrected chi connectivity index (χ0v) is 12.9. The van der Waals surface area contributed by atoms with E-state index in [-0.39, 0.29) is 5.75 Å². The second-order valence-electron chi connectivity index (χ2n) is 3.73. The van der Waals surface area contributed by atoms with Gasteiger partial charge in [0.15, 0.2) is 5.82 Å². The van der Waals surface area contributed by atoms with Gasteiger partial charge in [-0.2, -0.15) is 16.7 Å². The predicted molar refractivity (Wildman–Crippen MR) is 80.6 cm³/mol. The molecule has 0 saturated carbocycles. The average Bonchev–Trinajstić information content (AvgIpc) is 2.81. The molecule has 4 nitrogen and oxygen atoms in total. The van der Waals surface area contributed by atoms with Crippen LogP contribution in [0.2, 0.25) is 0 Å². The highest BCUT2D eigenvalue weighted by molar-refractivity contribution is 14.1. The van der Waals surface area contributed by atoms with Crippen LogP contribution in [0.5, 0.6) is 5.75 Å². The monoisotopic (exact) mass is 376 g/mol. The number of rotatable bonds is 5. The molecule has 0 aliphatic carbocycles. The molecule has 1 heterocycles. The van der Waals surface area contributed by atoms with E-state index in [1.54, 1.807) is 17.8 Å². The third-order valence-electron chi connectivity index (χ3n) is 2.24. The number of phenolic OH excluding ortho intramolecular Hbond substituents is 1. The Kier molecular flexibility index (Phi) is 4.87. The van der Waals surface area contributed by atoms with Gasteiger partial charge in [0.1, 0.15) is 5.75 Å². The van der Waals surface area contributed by atoms with Crippen molar-refractivity contribution >= 4 is 34.4 Å². The highest BCUT2D eigenvalue weighted by Crippen LogP contribution is 2.29. The van der Waals surface area contributed by atoms with Gasteiger partial charge in [0.25, 0.3) is 5.89 Å². The first-order valence-corrected chi connectivity index (χ1v) is 7.83. The van der Waals surface area contributed by atoms with Gasteiger partial charge in [-0.15, -0.1) is 0 Å². The molecular weight excluding hydrogens is 363 g/mol. The summed E-state index contributed by atoms with van der Waals surface area (Å²) in [5, 5.41) is 13.7. The number of aromatic hydroxyl groups is 1. The summed E-state index contributed by atoms with van der Waals surface area (Å²) < 4.78 is 6.19. The van der Waals surface area contributed by atoms with Crippen LogP contribution in [0, 0.1) is 3.57 Å². The van der Waals surface area contributed by atoms with Crippen LogP contribution < -0.4 is 0 Å². The summed E-state index contributed by atoms with van der Waals surface area (Å²) in [4.78, 5) is 4.29. The first-order chi connectivity index (χ1) is 8.70. The number of hydrogen-bond acceptors (Lipinski definition) is 5. The second kappa shape index (κ2) is 6.42. The SMILES string of the molecule is CCCSCc1noc(-c2cc(I)ccc2O)n1. The molecule has 96 valence electrons. The lowest BCUT2D eigenvalue weighted by Crippen LogP contribution is -1.86. The van der Waals surface area contributed by atoms with Crippen molar-refractivity contribution in [2.45, 2.75) is 19.1 Å². The molecule has 0 amide bonds. The summed E-state index contributed by atoms with van der Waals surface area (Å²) in [5.41, 5.74) is 0.584. The van der Waals surface area contributed by atoms with Crippen molar-refractivity contribution < 1.29 is 9.63 Å². The van der Waals surface area contributed by atoms with Crippen LogP contribution in [-0.2, 0) is 5.75 Å². The Bertz CT molecular complexity index is 531. The maximum Gasteiger partial charge on any atom is 0.261 e. The van der Waals surface area contributed by atoms with Crippen LogP contribution in [0.3, 0.4) is 0 Å². The average molecular weight is 376 g/mol. The summed E-state index contributed by atoms with van der Waals surface area (Å²) in [6.07, 6.45) is 1.13. The first-order valence-electron chi connectivity index (χ1n) is 5.60. The van der Waals surface area contributed by atoms with Gasteiger partial charge in [0.05, 0.1) is 11.3 Å². The minimum Gasteiger partial charge on any atom is -0.507 e. The fourth-order valence-electron chi connectivity index (χ4n) is 1.41. The smallest absolute Gasteiger partial charge is 0.261 e. The Morgan fingerprint density at radius 2 is 2.28 bits per heavy atom. The van der Waals surface area contributed by atoms with Crippen molar-refractivity contribution in [3.05, 3.63) is 27.6 Å². The van der Waals surface area contributed by atoms with Gasteiger partial charge in [-0.1, -0.05) is 12.1 Å². The predicted octanol–water partition coefficient (Wildman–Crippen LogP) is 3.69. The van der Waals surface area contributed by atoms with Crippen LogP contribution in [0.25, 0.3) is 11.5 Å². The number of benzene rings is 1. The molecule has 0 aliphatic rings. The van der Waals surface area contributed by atoms with Crippen LogP contribution >= 0.6 is 34.4 Å². The van der Waals surface area contributed by atoms with Gasteiger partial charge < -0.3 is 9.63 Å². The minimum atomic E-state index is 0.159. The number of hydrogen-bond donors (Lipinski definition) is 1. The number of phenols is 1. The van der Waals surface area contributed by atoms with Crippen molar-refractivity contribution in [2.75, 3.05) is 5.75 Å². The molecule has 0 radical (unpaired) electrons. The molecule has 0 spiro atoms. The van der Waals surface area contributed by atoms with E-state index in [1.165, 1.54) is 0 Å². The highest BCUT2D eigenvalue weighted by Gasteiger charge is 2.13. The number of thioether (sulfide) groups is 1.